The SMILES string of the molecule is CC(Nc1nc2cc(F)ccc2s1)c1cccc(Br)c1. The summed E-state index contributed by atoms with van der Waals surface area (Å²) in [5.74, 6) is -0.255. The zero-order valence-corrected chi connectivity index (χ0v) is 13.1. The predicted octanol–water partition coefficient (Wildman–Crippen LogP) is 5.37. The van der Waals surface area contributed by atoms with Crippen molar-refractivity contribution in [2.45, 2.75) is 13.0 Å². The maximum Gasteiger partial charge on any atom is 0.184 e. The largest absolute Gasteiger partial charge is 0.355 e. The minimum atomic E-state index is -0.255. The minimum Gasteiger partial charge on any atom is -0.355 e. The molecule has 0 saturated heterocycles. The molecule has 0 aliphatic carbocycles. The van der Waals surface area contributed by atoms with Gasteiger partial charge in [-0.15, -0.1) is 0 Å². The van der Waals surface area contributed by atoms with E-state index in [2.05, 4.69) is 45.3 Å². The number of halogens is 2. The molecule has 5 heteroatoms. The molecule has 102 valence electrons. The molecule has 2 aromatic carbocycles. The predicted molar refractivity (Wildman–Crippen MR) is 85.8 cm³/mol. The summed E-state index contributed by atoms with van der Waals surface area (Å²) < 4.78 is 15.2. The molecule has 0 bridgehead atoms. The molecule has 1 aromatic heterocycles. The first-order valence-corrected chi connectivity index (χ1v) is 7.81. The molecule has 0 aliphatic heterocycles. The maximum absolute atomic E-state index is 13.2. The van der Waals surface area contributed by atoms with Crippen LogP contribution >= 0.6 is 27.3 Å². The van der Waals surface area contributed by atoms with E-state index in [1.54, 1.807) is 6.07 Å². The summed E-state index contributed by atoms with van der Waals surface area (Å²) in [5.41, 5.74) is 1.86. The van der Waals surface area contributed by atoms with Gasteiger partial charge >= 0.3 is 0 Å². The van der Waals surface area contributed by atoms with Gasteiger partial charge in [0, 0.05) is 10.5 Å². The van der Waals surface area contributed by atoms with Crippen molar-refractivity contribution in [1.29, 1.82) is 0 Å². The Morgan fingerprint density at radius 3 is 2.90 bits per heavy atom. The van der Waals surface area contributed by atoms with Gasteiger partial charge in [0.1, 0.15) is 5.82 Å². The van der Waals surface area contributed by atoms with Gasteiger partial charge in [-0.2, -0.15) is 0 Å². The Bertz CT molecular complexity index is 756. The Morgan fingerprint density at radius 2 is 2.10 bits per heavy atom. The van der Waals surface area contributed by atoms with E-state index in [1.807, 2.05) is 12.1 Å². The Labute approximate surface area is 128 Å². The lowest BCUT2D eigenvalue weighted by Gasteiger charge is -2.13. The number of aromatic nitrogens is 1. The summed E-state index contributed by atoms with van der Waals surface area (Å²) >= 11 is 5.00. The van der Waals surface area contributed by atoms with Crippen molar-refractivity contribution >= 4 is 42.6 Å². The van der Waals surface area contributed by atoms with Crippen LogP contribution in [0.3, 0.4) is 0 Å². The standard InChI is InChI=1S/C15H12BrFN2S/c1-9(10-3-2-4-11(16)7-10)18-15-19-13-8-12(17)5-6-14(13)20-15/h2-9H,1H3,(H,18,19). The molecular weight excluding hydrogens is 339 g/mol. The molecule has 1 atom stereocenters. The average Bonchev–Trinajstić information content (AvgIpc) is 2.80. The maximum atomic E-state index is 13.2. The average molecular weight is 351 g/mol. The fourth-order valence-corrected chi connectivity index (χ4v) is 3.36. The van der Waals surface area contributed by atoms with Crippen molar-refractivity contribution in [3.8, 4) is 0 Å². The third-order valence-corrected chi connectivity index (χ3v) is 4.50. The zero-order chi connectivity index (χ0) is 14.1. The number of anilines is 1. The van der Waals surface area contributed by atoms with E-state index in [0.717, 1.165) is 14.3 Å². The molecule has 20 heavy (non-hydrogen) atoms. The van der Waals surface area contributed by atoms with E-state index in [1.165, 1.54) is 29.0 Å². The van der Waals surface area contributed by atoms with Crippen LogP contribution in [0.25, 0.3) is 10.2 Å². The van der Waals surface area contributed by atoms with Crippen molar-refractivity contribution in [2.24, 2.45) is 0 Å². The molecule has 1 unspecified atom stereocenters. The third-order valence-electron chi connectivity index (χ3n) is 3.04. The number of hydrogen-bond acceptors (Lipinski definition) is 3. The Morgan fingerprint density at radius 1 is 1.25 bits per heavy atom. The minimum absolute atomic E-state index is 0.137. The number of fused-ring (bicyclic) bond motifs is 1. The van der Waals surface area contributed by atoms with Crippen molar-refractivity contribution in [2.75, 3.05) is 5.32 Å². The highest BCUT2D eigenvalue weighted by Gasteiger charge is 2.10. The molecule has 0 saturated carbocycles. The summed E-state index contributed by atoms with van der Waals surface area (Å²) in [7, 11) is 0. The van der Waals surface area contributed by atoms with Crippen molar-refractivity contribution in [3.63, 3.8) is 0 Å². The number of benzene rings is 2. The van der Waals surface area contributed by atoms with E-state index in [-0.39, 0.29) is 11.9 Å². The summed E-state index contributed by atoms with van der Waals surface area (Å²) in [6, 6.07) is 13.0. The normalized spacial score (nSPS) is 12.6. The van der Waals surface area contributed by atoms with Crippen molar-refractivity contribution < 1.29 is 4.39 Å². The fraction of sp³-hybridized carbons (Fsp3) is 0.133. The second-order valence-corrected chi connectivity index (χ2v) is 6.50. The molecule has 0 aliphatic rings. The molecule has 0 radical (unpaired) electrons. The highest BCUT2D eigenvalue weighted by Crippen LogP contribution is 2.29. The second kappa shape index (κ2) is 5.50. The summed E-state index contributed by atoms with van der Waals surface area (Å²) in [5, 5.41) is 4.16. The monoisotopic (exact) mass is 350 g/mol. The first kappa shape index (κ1) is 13.5. The Kier molecular flexibility index (Phi) is 3.72. The fourth-order valence-electron chi connectivity index (χ4n) is 2.01. The summed E-state index contributed by atoms with van der Waals surface area (Å²) in [6.45, 7) is 2.08. The zero-order valence-electron chi connectivity index (χ0n) is 10.7. The summed E-state index contributed by atoms with van der Waals surface area (Å²) in [6.07, 6.45) is 0. The highest BCUT2D eigenvalue weighted by atomic mass is 79.9. The van der Waals surface area contributed by atoms with Gasteiger partial charge in [0.25, 0.3) is 0 Å². The first-order chi connectivity index (χ1) is 9.61. The molecule has 3 aromatic rings. The van der Waals surface area contributed by atoms with Crippen LogP contribution in [0.15, 0.2) is 46.9 Å². The number of rotatable bonds is 3. The number of thiazole rings is 1. The van der Waals surface area contributed by atoms with Gasteiger partial charge < -0.3 is 5.32 Å². The van der Waals surface area contributed by atoms with Crippen LogP contribution in [0.5, 0.6) is 0 Å². The van der Waals surface area contributed by atoms with Gasteiger partial charge in [-0.25, -0.2) is 9.37 Å². The van der Waals surface area contributed by atoms with Crippen LogP contribution in [-0.2, 0) is 0 Å². The van der Waals surface area contributed by atoms with Crippen molar-refractivity contribution in [1.82, 2.24) is 4.98 Å². The number of nitrogens with one attached hydrogen (secondary N) is 1. The highest BCUT2D eigenvalue weighted by molar-refractivity contribution is 9.10. The first-order valence-electron chi connectivity index (χ1n) is 6.20. The topological polar surface area (TPSA) is 24.9 Å². The van der Waals surface area contributed by atoms with Gasteiger partial charge in [-0.05, 0) is 36.8 Å². The van der Waals surface area contributed by atoms with Crippen LogP contribution in [0.2, 0.25) is 0 Å². The Balaban J connectivity index is 1.85. The molecule has 0 fully saturated rings. The van der Waals surface area contributed by atoms with Crippen LogP contribution in [0.4, 0.5) is 9.52 Å². The van der Waals surface area contributed by atoms with Gasteiger partial charge in [-0.3, -0.25) is 0 Å². The van der Waals surface area contributed by atoms with E-state index < -0.39 is 0 Å². The molecule has 1 heterocycles. The second-order valence-electron chi connectivity index (χ2n) is 4.55. The van der Waals surface area contributed by atoms with Crippen LogP contribution in [-0.4, -0.2) is 4.98 Å². The van der Waals surface area contributed by atoms with Gasteiger partial charge in [0.15, 0.2) is 5.13 Å². The van der Waals surface area contributed by atoms with E-state index in [4.69, 9.17) is 0 Å². The lowest BCUT2D eigenvalue weighted by molar-refractivity contribution is 0.629. The molecular formula is C15H12BrFN2S. The van der Waals surface area contributed by atoms with Gasteiger partial charge in [0.2, 0.25) is 0 Å². The van der Waals surface area contributed by atoms with Crippen LogP contribution in [0.1, 0.15) is 18.5 Å². The lowest BCUT2D eigenvalue weighted by atomic mass is 10.1. The smallest absolute Gasteiger partial charge is 0.184 e. The molecule has 2 nitrogen and oxygen atoms in total. The molecule has 0 amide bonds. The summed E-state index contributed by atoms with van der Waals surface area (Å²) in [4.78, 5) is 4.42. The molecule has 3 rings (SSSR count). The van der Waals surface area contributed by atoms with Gasteiger partial charge in [-0.1, -0.05) is 39.4 Å². The van der Waals surface area contributed by atoms with E-state index in [0.29, 0.717) is 5.52 Å². The number of hydrogen-bond donors (Lipinski definition) is 1. The third kappa shape index (κ3) is 2.83. The lowest BCUT2D eigenvalue weighted by Crippen LogP contribution is -2.05. The van der Waals surface area contributed by atoms with Gasteiger partial charge in [0.05, 0.1) is 16.3 Å². The quantitative estimate of drug-likeness (QED) is 0.686. The van der Waals surface area contributed by atoms with E-state index in [9.17, 15) is 4.39 Å². The molecule has 1 N–H and O–H groups in total. The van der Waals surface area contributed by atoms with E-state index >= 15 is 0 Å². The van der Waals surface area contributed by atoms with Crippen LogP contribution in [0, 0.1) is 5.82 Å². The van der Waals surface area contributed by atoms with Crippen molar-refractivity contribution in [3.05, 3.63) is 58.3 Å². The van der Waals surface area contributed by atoms with Crippen LogP contribution < -0.4 is 5.32 Å². The Hall–Kier alpha value is -1.46. The number of nitrogens with zero attached hydrogens (tertiary/aromatic N) is 1. The molecule has 0 spiro atoms.